The molecule has 0 fully saturated rings. The highest BCUT2D eigenvalue weighted by molar-refractivity contribution is 7.82. The van der Waals surface area contributed by atoms with Gasteiger partial charge in [0.05, 0.1) is 9.72 Å². The summed E-state index contributed by atoms with van der Waals surface area (Å²) in [6.45, 7) is 2.85. The van der Waals surface area contributed by atoms with Crippen molar-refractivity contribution in [3.63, 3.8) is 0 Å². The summed E-state index contributed by atoms with van der Waals surface area (Å²) in [5.41, 5.74) is 2.07. The Morgan fingerprint density at radius 2 is 2.43 bits per heavy atom. The molecule has 78 valence electrons. The molecule has 0 atom stereocenters. The second kappa shape index (κ2) is 6.03. The first-order valence-corrected chi connectivity index (χ1v) is 5.99. The summed E-state index contributed by atoms with van der Waals surface area (Å²) in [7, 11) is 0. The predicted molar refractivity (Wildman–Crippen MR) is 61.2 cm³/mol. The first-order chi connectivity index (χ1) is 6.75. The van der Waals surface area contributed by atoms with Crippen molar-refractivity contribution >= 4 is 29.9 Å². The minimum Gasteiger partial charge on any atom is -0.351 e. The van der Waals surface area contributed by atoms with Crippen LogP contribution in [-0.4, -0.2) is 17.4 Å². The molecule has 14 heavy (non-hydrogen) atoms. The number of rotatable bonds is 5. The maximum absolute atomic E-state index is 11.5. The summed E-state index contributed by atoms with van der Waals surface area (Å²) < 4.78 is 0.679. The first kappa shape index (κ1) is 11.5. The van der Waals surface area contributed by atoms with E-state index in [0.717, 1.165) is 25.8 Å². The maximum Gasteiger partial charge on any atom is 0.271 e. The van der Waals surface area contributed by atoms with Gasteiger partial charge in [-0.15, -0.1) is 24.0 Å². The van der Waals surface area contributed by atoms with Gasteiger partial charge in [-0.1, -0.05) is 19.8 Å². The van der Waals surface area contributed by atoms with Gasteiger partial charge in [0.25, 0.3) is 5.91 Å². The van der Waals surface area contributed by atoms with Crippen LogP contribution in [0.4, 0.5) is 0 Å². The highest BCUT2D eigenvalue weighted by atomic mass is 32.2. The molecule has 1 rings (SSSR count). The molecule has 0 saturated carbocycles. The molecule has 0 unspecified atom stereocenters. The molecule has 0 aliphatic carbocycles. The van der Waals surface area contributed by atoms with Crippen LogP contribution in [0.2, 0.25) is 0 Å². The van der Waals surface area contributed by atoms with Gasteiger partial charge in [-0.25, -0.2) is 4.98 Å². The molecule has 1 heterocycles. The molecule has 0 spiro atoms. The number of nitrogens with one attached hydrogen (secondary N) is 1. The van der Waals surface area contributed by atoms with E-state index in [2.05, 4.69) is 29.9 Å². The Hall–Kier alpha value is -0.550. The minimum absolute atomic E-state index is 0.118. The number of hydrogen-bond donors (Lipinski definition) is 2. The highest BCUT2D eigenvalue weighted by Gasteiger charge is 2.10. The van der Waals surface area contributed by atoms with Crippen LogP contribution in [0.15, 0.2) is 9.72 Å². The van der Waals surface area contributed by atoms with Gasteiger partial charge in [0, 0.05) is 6.54 Å². The third kappa shape index (κ3) is 3.31. The van der Waals surface area contributed by atoms with Gasteiger partial charge in [-0.05, 0) is 6.42 Å². The third-order valence-corrected chi connectivity index (χ3v) is 2.99. The lowest BCUT2D eigenvalue weighted by Crippen LogP contribution is -2.25. The Morgan fingerprint density at radius 1 is 1.64 bits per heavy atom. The minimum atomic E-state index is -0.118. The standard InChI is InChI=1S/C9H14N2OS2/c1-2-3-4-5-10-8(12)7-9(13)14-6-11-7/h6,13H,2-5H2,1H3,(H,10,12). The molecule has 0 aliphatic rings. The average Bonchev–Trinajstić information content (AvgIpc) is 2.59. The van der Waals surface area contributed by atoms with E-state index < -0.39 is 0 Å². The fourth-order valence-corrected chi connectivity index (χ4v) is 1.87. The smallest absolute Gasteiger partial charge is 0.271 e. The lowest BCUT2D eigenvalue weighted by Gasteiger charge is -2.02. The summed E-state index contributed by atoms with van der Waals surface area (Å²) in [5.74, 6) is -0.118. The normalized spacial score (nSPS) is 10.1. The number of thiol groups is 1. The molecule has 0 bridgehead atoms. The molecular formula is C9H14N2OS2. The van der Waals surface area contributed by atoms with Crippen molar-refractivity contribution in [3.05, 3.63) is 11.2 Å². The van der Waals surface area contributed by atoms with Gasteiger partial charge >= 0.3 is 0 Å². The zero-order valence-corrected chi connectivity index (χ0v) is 9.83. The van der Waals surface area contributed by atoms with Crippen molar-refractivity contribution in [2.45, 2.75) is 30.4 Å². The monoisotopic (exact) mass is 230 g/mol. The average molecular weight is 230 g/mol. The van der Waals surface area contributed by atoms with Gasteiger partial charge in [0.15, 0.2) is 5.69 Å². The molecule has 0 aromatic carbocycles. The molecule has 0 saturated heterocycles. The summed E-state index contributed by atoms with van der Waals surface area (Å²) in [5, 5.41) is 2.82. The van der Waals surface area contributed by atoms with Crippen molar-refractivity contribution in [3.8, 4) is 0 Å². The summed E-state index contributed by atoms with van der Waals surface area (Å²) in [6, 6.07) is 0. The van der Waals surface area contributed by atoms with Crippen molar-refractivity contribution in [2.75, 3.05) is 6.54 Å². The molecular weight excluding hydrogens is 216 g/mol. The SMILES string of the molecule is CCCCCNC(=O)c1ncsc1S. The van der Waals surface area contributed by atoms with Crippen molar-refractivity contribution in [1.82, 2.24) is 10.3 Å². The van der Waals surface area contributed by atoms with E-state index in [0.29, 0.717) is 9.90 Å². The quantitative estimate of drug-likeness (QED) is 0.602. The van der Waals surface area contributed by atoms with Crippen LogP contribution in [0, 0.1) is 0 Å². The lowest BCUT2D eigenvalue weighted by atomic mass is 10.2. The van der Waals surface area contributed by atoms with Crippen molar-refractivity contribution in [1.29, 1.82) is 0 Å². The highest BCUT2D eigenvalue weighted by Crippen LogP contribution is 2.16. The summed E-state index contributed by atoms with van der Waals surface area (Å²) >= 11 is 5.52. The van der Waals surface area contributed by atoms with Crippen LogP contribution < -0.4 is 5.32 Å². The Kier molecular flexibility index (Phi) is 4.97. The number of carbonyl (C=O) groups is 1. The van der Waals surface area contributed by atoms with Gasteiger partial charge in [0.2, 0.25) is 0 Å². The van der Waals surface area contributed by atoms with Crippen LogP contribution >= 0.6 is 24.0 Å². The number of carbonyl (C=O) groups excluding carboxylic acids is 1. The fraction of sp³-hybridized carbons (Fsp3) is 0.556. The van der Waals surface area contributed by atoms with E-state index in [1.165, 1.54) is 11.3 Å². The molecule has 0 aliphatic heterocycles. The Labute approximate surface area is 93.3 Å². The Balaban J connectivity index is 2.32. The van der Waals surface area contributed by atoms with Crippen LogP contribution in [0.5, 0.6) is 0 Å². The van der Waals surface area contributed by atoms with Crippen LogP contribution in [0.1, 0.15) is 36.7 Å². The maximum atomic E-state index is 11.5. The van der Waals surface area contributed by atoms with E-state index in [1.807, 2.05) is 0 Å². The van der Waals surface area contributed by atoms with Crippen LogP contribution in [0.25, 0.3) is 0 Å². The first-order valence-electron chi connectivity index (χ1n) is 4.66. The number of aromatic nitrogens is 1. The molecule has 1 N–H and O–H groups in total. The lowest BCUT2D eigenvalue weighted by molar-refractivity contribution is 0.0946. The summed E-state index contributed by atoms with van der Waals surface area (Å²) in [4.78, 5) is 15.4. The topological polar surface area (TPSA) is 42.0 Å². The van der Waals surface area contributed by atoms with Gasteiger partial charge in [-0.2, -0.15) is 0 Å². The van der Waals surface area contributed by atoms with Gasteiger partial charge in [0.1, 0.15) is 0 Å². The van der Waals surface area contributed by atoms with Crippen molar-refractivity contribution in [2.24, 2.45) is 0 Å². The summed E-state index contributed by atoms with van der Waals surface area (Å²) in [6.07, 6.45) is 3.32. The number of hydrogen-bond acceptors (Lipinski definition) is 4. The van der Waals surface area contributed by atoms with Crippen LogP contribution in [0.3, 0.4) is 0 Å². The van der Waals surface area contributed by atoms with Gasteiger partial charge < -0.3 is 5.32 Å². The third-order valence-electron chi connectivity index (χ3n) is 1.83. The van der Waals surface area contributed by atoms with Crippen molar-refractivity contribution < 1.29 is 4.79 Å². The predicted octanol–water partition coefficient (Wildman–Crippen LogP) is 2.35. The zero-order chi connectivity index (χ0) is 10.4. The zero-order valence-electron chi connectivity index (χ0n) is 8.12. The number of unbranched alkanes of at least 4 members (excludes halogenated alkanes) is 2. The van der Waals surface area contributed by atoms with Gasteiger partial charge in [-0.3, -0.25) is 4.79 Å². The molecule has 5 heteroatoms. The number of thiazole rings is 1. The van der Waals surface area contributed by atoms with E-state index in [9.17, 15) is 4.79 Å². The Bertz CT molecular complexity index is 299. The largest absolute Gasteiger partial charge is 0.351 e. The van der Waals surface area contributed by atoms with Crippen LogP contribution in [-0.2, 0) is 0 Å². The molecule has 0 radical (unpaired) electrons. The second-order valence-corrected chi connectivity index (χ2v) is 4.57. The number of nitrogens with zero attached hydrogens (tertiary/aromatic N) is 1. The van der Waals surface area contributed by atoms with E-state index in [1.54, 1.807) is 5.51 Å². The Morgan fingerprint density at radius 3 is 3.00 bits per heavy atom. The van der Waals surface area contributed by atoms with E-state index in [4.69, 9.17) is 0 Å². The molecule has 1 aromatic rings. The van der Waals surface area contributed by atoms with E-state index in [-0.39, 0.29) is 5.91 Å². The molecule has 1 aromatic heterocycles. The second-order valence-electron chi connectivity index (χ2n) is 2.97. The fourth-order valence-electron chi connectivity index (χ4n) is 1.06. The number of amides is 1. The van der Waals surface area contributed by atoms with E-state index >= 15 is 0 Å². The molecule has 3 nitrogen and oxygen atoms in total. The molecule has 1 amide bonds.